The molecule has 0 aliphatic rings. The van der Waals surface area contributed by atoms with Crippen molar-refractivity contribution in [1.29, 1.82) is 0 Å². The molecule has 0 aliphatic carbocycles. The van der Waals surface area contributed by atoms with Crippen LogP contribution < -0.4 is 15.8 Å². The molecule has 0 bridgehead atoms. The summed E-state index contributed by atoms with van der Waals surface area (Å²) in [5.41, 5.74) is 8.83. The van der Waals surface area contributed by atoms with E-state index in [0.717, 1.165) is 10.9 Å². The molecule has 3 N–H and O–H groups in total. The van der Waals surface area contributed by atoms with Crippen LogP contribution in [-0.4, -0.2) is 17.6 Å². The molecule has 146 valence electrons. The number of rotatable bonds is 5. The Balaban J connectivity index is 1.76. The molecule has 0 unspecified atom stereocenters. The number of nitrogen functional groups attached to an aromatic ring is 1. The minimum Gasteiger partial charge on any atom is -0.497 e. The third kappa shape index (κ3) is 3.78. The molecular weight excluding hydrogens is 369 g/mol. The Kier molecular flexibility index (Phi) is 4.91. The number of nitrogens with two attached hydrogens (primary N) is 1. The Labute approximate surface area is 167 Å². The van der Waals surface area contributed by atoms with Gasteiger partial charge >= 0.3 is 0 Å². The number of halogens is 1. The fraction of sp³-hybridized carbons (Fsp3) is 0.0870. The Morgan fingerprint density at radius 1 is 1.07 bits per heavy atom. The van der Waals surface area contributed by atoms with Crippen LogP contribution in [0, 0.1) is 5.82 Å². The monoisotopic (exact) mass is 389 g/mol. The number of hydrogen-bond donors (Lipinski definition) is 2. The smallest absolute Gasteiger partial charge is 0.272 e. The number of carbonyl (C=O) groups excluding carboxylic acids is 1. The number of nitrogens with one attached hydrogen (secondary N) is 1. The zero-order valence-corrected chi connectivity index (χ0v) is 15.9. The molecule has 0 spiro atoms. The maximum Gasteiger partial charge on any atom is 0.272 e. The molecule has 0 fully saturated rings. The largest absolute Gasteiger partial charge is 0.497 e. The molecule has 1 aromatic heterocycles. The second kappa shape index (κ2) is 7.67. The van der Waals surface area contributed by atoms with E-state index in [2.05, 4.69) is 5.32 Å². The Morgan fingerprint density at radius 2 is 1.90 bits per heavy atom. The maximum absolute atomic E-state index is 14.3. The molecule has 1 heterocycles. The van der Waals surface area contributed by atoms with Crippen LogP contribution >= 0.6 is 0 Å². The molecule has 29 heavy (non-hydrogen) atoms. The van der Waals surface area contributed by atoms with Gasteiger partial charge in [0.05, 0.1) is 13.7 Å². The van der Waals surface area contributed by atoms with Gasteiger partial charge < -0.3 is 20.4 Å². The van der Waals surface area contributed by atoms with Crippen LogP contribution in [0.15, 0.2) is 72.8 Å². The van der Waals surface area contributed by atoms with Gasteiger partial charge in [0, 0.05) is 33.9 Å². The lowest BCUT2D eigenvalue weighted by molar-refractivity contribution is 0.101. The van der Waals surface area contributed by atoms with Crippen LogP contribution in [0.25, 0.3) is 10.9 Å². The number of benzene rings is 3. The van der Waals surface area contributed by atoms with E-state index in [4.69, 9.17) is 10.5 Å². The molecule has 6 heteroatoms. The first-order chi connectivity index (χ1) is 14.0. The highest BCUT2D eigenvalue weighted by atomic mass is 19.1. The molecule has 0 atom stereocenters. The zero-order chi connectivity index (χ0) is 20.4. The molecule has 0 saturated heterocycles. The van der Waals surface area contributed by atoms with Crippen LogP contribution in [0.1, 0.15) is 16.1 Å². The van der Waals surface area contributed by atoms with Gasteiger partial charge in [0.25, 0.3) is 5.91 Å². The number of nitrogens with zero attached hydrogens (tertiary/aromatic N) is 1. The fourth-order valence-corrected chi connectivity index (χ4v) is 3.34. The number of methoxy groups -OCH3 is 1. The molecule has 4 aromatic rings. The van der Waals surface area contributed by atoms with Gasteiger partial charge in [0.2, 0.25) is 0 Å². The second-order valence-electron chi connectivity index (χ2n) is 6.71. The first-order valence-corrected chi connectivity index (χ1v) is 9.13. The van der Waals surface area contributed by atoms with Crippen molar-refractivity contribution in [3.05, 3.63) is 89.9 Å². The molecule has 3 aromatic carbocycles. The van der Waals surface area contributed by atoms with Crippen LogP contribution in [0.3, 0.4) is 0 Å². The van der Waals surface area contributed by atoms with Gasteiger partial charge in [-0.1, -0.05) is 24.3 Å². The van der Waals surface area contributed by atoms with Crippen molar-refractivity contribution in [3.63, 3.8) is 0 Å². The first-order valence-electron chi connectivity index (χ1n) is 9.13. The summed E-state index contributed by atoms with van der Waals surface area (Å²) in [6, 6.07) is 20.8. The molecule has 5 nitrogen and oxygen atoms in total. The van der Waals surface area contributed by atoms with Crippen molar-refractivity contribution in [3.8, 4) is 5.75 Å². The van der Waals surface area contributed by atoms with Crippen molar-refractivity contribution < 1.29 is 13.9 Å². The summed E-state index contributed by atoms with van der Waals surface area (Å²) < 4.78 is 21.3. The number of hydrogen-bond acceptors (Lipinski definition) is 3. The Hall–Kier alpha value is -3.80. The summed E-state index contributed by atoms with van der Waals surface area (Å²) >= 11 is 0. The Morgan fingerprint density at radius 3 is 2.69 bits per heavy atom. The van der Waals surface area contributed by atoms with Gasteiger partial charge in [-0.15, -0.1) is 0 Å². The van der Waals surface area contributed by atoms with Crippen molar-refractivity contribution >= 4 is 28.2 Å². The standard InChI is InChI=1S/C23H20FN3O2/c1-29-19-7-4-6-18(13-19)26-23(28)22-12-16-11-17(25)9-10-21(16)27(22)14-15-5-2-3-8-20(15)24/h2-13H,14,25H2,1H3,(H,26,28). The van der Waals surface area contributed by atoms with Crippen molar-refractivity contribution in [2.45, 2.75) is 6.54 Å². The van der Waals surface area contributed by atoms with Crippen LogP contribution in [-0.2, 0) is 6.54 Å². The molecule has 1 amide bonds. The third-order valence-electron chi connectivity index (χ3n) is 4.77. The predicted molar refractivity (Wildman–Crippen MR) is 113 cm³/mol. The van der Waals surface area contributed by atoms with E-state index in [0.29, 0.717) is 28.4 Å². The maximum atomic E-state index is 14.3. The van der Waals surface area contributed by atoms with Gasteiger partial charge in [-0.05, 0) is 42.5 Å². The van der Waals surface area contributed by atoms with E-state index < -0.39 is 0 Å². The number of anilines is 2. The molecule has 0 saturated carbocycles. The van der Waals surface area contributed by atoms with Gasteiger partial charge in [0.1, 0.15) is 17.3 Å². The van der Waals surface area contributed by atoms with Crippen LogP contribution in [0.2, 0.25) is 0 Å². The van der Waals surface area contributed by atoms with Gasteiger partial charge in [-0.25, -0.2) is 4.39 Å². The summed E-state index contributed by atoms with van der Waals surface area (Å²) in [5, 5.41) is 3.70. The van der Waals surface area contributed by atoms with Crippen LogP contribution in [0.4, 0.5) is 15.8 Å². The highest BCUT2D eigenvalue weighted by molar-refractivity contribution is 6.06. The van der Waals surface area contributed by atoms with E-state index in [1.165, 1.54) is 6.07 Å². The average molecular weight is 389 g/mol. The third-order valence-corrected chi connectivity index (χ3v) is 4.77. The lowest BCUT2D eigenvalue weighted by atomic mass is 10.2. The minimum absolute atomic E-state index is 0.223. The normalized spacial score (nSPS) is 10.8. The quantitative estimate of drug-likeness (QED) is 0.487. The van der Waals surface area contributed by atoms with Gasteiger partial charge in [0.15, 0.2) is 0 Å². The minimum atomic E-state index is -0.316. The van der Waals surface area contributed by atoms with Crippen LogP contribution in [0.5, 0.6) is 5.75 Å². The Bertz CT molecular complexity index is 1200. The molecule has 0 aliphatic heterocycles. The average Bonchev–Trinajstić information content (AvgIpc) is 3.07. The number of carbonyl (C=O) groups is 1. The number of aromatic nitrogens is 1. The molecular formula is C23H20FN3O2. The van der Waals surface area contributed by atoms with Crippen molar-refractivity contribution in [2.24, 2.45) is 0 Å². The van der Waals surface area contributed by atoms with E-state index >= 15 is 0 Å². The zero-order valence-electron chi connectivity index (χ0n) is 15.9. The summed E-state index contributed by atoms with van der Waals surface area (Å²) in [6.07, 6.45) is 0. The summed E-state index contributed by atoms with van der Waals surface area (Å²) in [5.74, 6) is 0.0239. The molecule has 0 radical (unpaired) electrons. The number of ether oxygens (including phenoxy) is 1. The van der Waals surface area contributed by atoms with Crippen molar-refractivity contribution in [2.75, 3.05) is 18.2 Å². The van der Waals surface area contributed by atoms with Gasteiger partial charge in [-0.2, -0.15) is 0 Å². The first kappa shape index (κ1) is 18.6. The predicted octanol–water partition coefficient (Wildman–Crippen LogP) is 4.67. The second-order valence-corrected chi connectivity index (χ2v) is 6.71. The highest BCUT2D eigenvalue weighted by Crippen LogP contribution is 2.25. The van der Waals surface area contributed by atoms with Crippen molar-refractivity contribution in [1.82, 2.24) is 4.57 Å². The lowest BCUT2D eigenvalue weighted by Crippen LogP contribution is -2.17. The lowest BCUT2D eigenvalue weighted by Gasteiger charge is -2.12. The molecule has 4 rings (SSSR count). The number of amides is 1. The van der Waals surface area contributed by atoms with E-state index in [9.17, 15) is 9.18 Å². The summed E-state index contributed by atoms with van der Waals surface area (Å²) in [6.45, 7) is 0.223. The highest BCUT2D eigenvalue weighted by Gasteiger charge is 2.17. The summed E-state index contributed by atoms with van der Waals surface area (Å²) in [7, 11) is 1.57. The SMILES string of the molecule is COc1cccc(NC(=O)c2cc3cc(N)ccc3n2Cc2ccccc2F)c1. The van der Waals surface area contributed by atoms with E-state index in [1.54, 1.807) is 72.3 Å². The van der Waals surface area contributed by atoms with E-state index in [-0.39, 0.29) is 18.3 Å². The van der Waals surface area contributed by atoms with Gasteiger partial charge in [-0.3, -0.25) is 4.79 Å². The topological polar surface area (TPSA) is 69.3 Å². The fourth-order valence-electron chi connectivity index (χ4n) is 3.34. The number of fused-ring (bicyclic) bond motifs is 1. The summed E-state index contributed by atoms with van der Waals surface area (Å²) in [4.78, 5) is 13.1. The van der Waals surface area contributed by atoms with E-state index in [1.807, 2.05) is 6.07 Å².